The summed E-state index contributed by atoms with van der Waals surface area (Å²) < 4.78 is 28.3. The van der Waals surface area contributed by atoms with Gasteiger partial charge in [-0.1, -0.05) is 12.1 Å². The standard InChI is InChI=1S/C16H15FO4/c1-19-15-9-12(16(18)20-2)5-8-14(15)21-10-11-3-6-13(17)7-4-11/h3-9H,10H2,1-2H3. The van der Waals surface area contributed by atoms with Crippen LogP contribution in [0.5, 0.6) is 11.5 Å². The minimum atomic E-state index is -0.446. The highest BCUT2D eigenvalue weighted by atomic mass is 19.1. The largest absolute Gasteiger partial charge is 0.493 e. The maximum Gasteiger partial charge on any atom is 0.337 e. The molecule has 0 unspecified atom stereocenters. The van der Waals surface area contributed by atoms with Crippen LogP contribution >= 0.6 is 0 Å². The summed E-state index contributed by atoms with van der Waals surface area (Å²) in [5.41, 5.74) is 1.21. The molecule has 5 heteroatoms. The van der Waals surface area contributed by atoms with E-state index in [1.807, 2.05) is 0 Å². The summed E-state index contributed by atoms with van der Waals surface area (Å²) >= 11 is 0. The molecule has 2 aromatic rings. The Kier molecular flexibility index (Phi) is 4.77. The van der Waals surface area contributed by atoms with E-state index in [-0.39, 0.29) is 12.4 Å². The molecule has 0 atom stereocenters. The number of halogens is 1. The van der Waals surface area contributed by atoms with E-state index < -0.39 is 5.97 Å². The molecule has 2 rings (SSSR count). The highest BCUT2D eigenvalue weighted by molar-refractivity contribution is 5.90. The first-order valence-electron chi connectivity index (χ1n) is 6.27. The van der Waals surface area contributed by atoms with Crippen molar-refractivity contribution < 1.29 is 23.4 Å². The molecule has 21 heavy (non-hydrogen) atoms. The van der Waals surface area contributed by atoms with Gasteiger partial charge in [-0.05, 0) is 35.9 Å². The van der Waals surface area contributed by atoms with Crippen molar-refractivity contribution in [2.75, 3.05) is 14.2 Å². The lowest BCUT2D eigenvalue weighted by Crippen LogP contribution is -2.03. The second kappa shape index (κ2) is 6.74. The van der Waals surface area contributed by atoms with Crippen LogP contribution in [-0.4, -0.2) is 20.2 Å². The topological polar surface area (TPSA) is 44.8 Å². The lowest BCUT2D eigenvalue weighted by molar-refractivity contribution is 0.0600. The van der Waals surface area contributed by atoms with Crippen molar-refractivity contribution in [2.24, 2.45) is 0 Å². The van der Waals surface area contributed by atoms with Crippen LogP contribution in [0.4, 0.5) is 4.39 Å². The first-order chi connectivity index (χ1) is 10.1. The number of hydrogen-bond acceptors (Lipinski definition) is 4. The smallest absolute Gasteiger partial charge is 0.337 e. The fraction of sp³-hybridized carbons (Fsp3) is 0.188. The Morgan fingerprint density at radius 3 is 2.38 bits per heavy atom. The summed E-state index contributed by atoms with van der Waals surface area (Å²) in [6, 6.07) is 10.8. The highest BCUT2D eigenvalue weighted by Crippen LogP contribution is 2.29. The van der Waals surface area contributed by atoms with E-state index in [0.717, 1.165) is 5.56 Å². The molecular formula is C16H15FO4. The molecule has 0 aliphatic heterocycles. The Morgan fingerprint density at radius 2 is 1.76 bits per heavy atom. The predicted molar refractivity (Wildman–Crippen MR) is 75.1 cm³/mol. The molecule has 2 aromatic carbocycles. The summed E-state index contributed by atoms with van der Waals surface area (Å²) in [6.45, 7) is 0.272. The first kappa shape index (κ1) is 14.8. The summed E-state index contributed by atoms with van der Waals surface area (Å²) in [6.07, 6.45) is 0. The quantitative estimate of drug-likeness (QED) is 0.793. The van der Waals surface area contributed by atoms with E-state index in [1.54, 1.807) is 30.3 Å². The Labute approximate surface area is 122 Å². The van der Waals surface area contributed by atoms with E-state index in [0.29, 0.717) is 17.1 Å². The molecular weight excluding hydrogens is 275 g/mol. The van der Waals surface area contributed by atoms with E-state index in [1.165, 1.54) is 26.4 Å². The van der Waals surface area contributed by atoms with Crippen molar-refractivity contribution in [3.63, 3.8) is 0 Å². The van der Waals surface area contributed by atoms with Crippen LogP contribution < -0.4 is 9.47 Å². The average Bonchev–Trinajstić information content (AvgIpc) is 2.53. The molecule has 0 N–H and O–H groups in total. The molecule has 0 fully saturated rings. The number of benzene rings is 2. The van der Waals surface area contributed by atoms with Crippen LogP contribution in [-0.2, 0) is 11.3 Å². The van der Waals surface area contributed by atoms with Crippen LogP contribution in [0, 0.1) is 5.82 Å². The molecule has 0 heterocycles. The predicted octanol–water partition coefficient (Wildman–Crippen LogP) is 3.20. The van der Waals surface area contributed by atoms with Crippen LogP contribution in [0.3, 0.4) is 0 Å². The number of carbonyl (C=O) groups is 1. The van der Waals surface area contributed by atoms with Gasteiger partial charge in [-0.2, -0.15) is 0 Å². The lowest BCUT2D eigenvalue weighted by atomic mass is 10.2. The molecule has 0 radical (unpaired) electrons. The van der Waals surface area contributed by atoms with Gasteiger partial charge >= 0.3 is 5.97 Å². The van der Waals surface area contributed by atoms with Gasteiger partial charge in [0.2, 0.25) is 0 Å². The third-order valence-electron chi connectivity index (χ3n) is 2.89. The van der Waals surface area contributed by atoms with E-state index in [4.69, 9.17) is 9.47 Å². The Balaban J connectivity index is 2.12. The third-order valence-corrected chi connectivity index (χ3v) is 2.89. The zero-order chi connectivity index (χ0) is 15.2. The van der Waals surface area contributed by atoms with Gasteiger partial charge in [0.15, 0.2) is 11.5 Å². The minimum absolute atomic E-state index is 0.272. The summed E-state index contributed by atoms with van der Waals surface area (Å²) in [7, 11) is 2.80. The summed E-state index contributed by atoms with van der Waals surface area (Å²) in [5, 5.41) is 0. The zero-order valence-electron chi connectivity index (χ0n) is 11.8. The van der Waals surface area contributed by atoms with Crippen molar-refractivity contribution >= 4 is 5.97 Å². The number of rotatable bonds is 5. The zero-order valence-corrected chi connectivity index (χ0v) is 11.8. The van der Waals surface area contributed by atoms with Crippen LogP contribution in [0.25, 0.3) is 0 Å². The van der Waals surface area contributed by atoms with Gasteiger partial charge in [-0.3, -0.25) is 0 Å². The third kappa shape index (κ3) is 3.72. The van der Waals surface area contributed by atoms with Crippen LogP contribution in [0.15, 0.2) is 42.5 Å². The van der Waals surface area contributed by atoms with Crippen molar-refractivity contribution in [1.29, 1.82) is 0 Å². The summed E-state index contributed by atoms with van der Waals surface area (Å²) in [4.78, 5) is 11.5. The maximum absolute atomic E-state index is 12.8. The van der Waals surface area contributed by atoms with Gasteiger partial charge in [-0.25, -0.2) is 9.18 Å². The average molecular weight is 290 g/mol. The second-order valence-electron chi connectivity index (χ2n) is 4.27. The molecule has 0 spiro atoms. The molecule has 110 valence electrons. The SMILES string of the molecule is COC(=O)c1ccc(OCc2ccc(F)cc2)c(OC)c1. The fourth-order valence-corrected chi connectivity index (χ4v) is 1.77. The number of methoxy groups -OCH3 is 2. The molecule has 0 saturated carbocycles. The molecule has 0 aliphatic rings. The molecule has 0 amide bonds. The number of ether oxygens (including phenoxy) is 3. The number of carbonyl (C=O) groups excluding carboxylic acids is 1. The van der Waals surface area contributed by atoms with E-state index in [2.05, 4.69) is 4.74 Å². The van der Waals surface area contributed by atoms with Crippen LogP contribution in [0.2, 0.25) is 0 Å². The van der Waals surface area contributed by atoms with Gasteiger partial charge in [0.25, 0.3) is 0 Å². The number of hydrogen-bond donors (Lipinski definition) is 0. The van der Waals surface area contributed by atoms with Gasteiger partial charge in [0, 0.05) is 0 Å². The van der Waals surface area contributed by atoms with Gasteiger partial charge < -0.3 is 14.2 Å². The Morgan fingerprint density at radius 1 is 1.05 bits per heavy atom. The number of esters is 1. The molecule has 0 aliphatic carbocycles. The maximum atomic E-state index is 12.8. The Bertz CT molecular complexity index is 623. The van der Waals surface area contributed by atoms with Crippen LogP contribution in [0.1, 0.15) is 15.9 Å². The van der Waals surface area contributed by atoms with Gasteiger partial charge in [0.1, 0.15) is 12.4 Å². The summed E-state index contributed by atoms with van der Waals surface area (Å²) in [5.74, 6) is 0.187. The van der Waals surface area contributed by atoms with Crippen molar-refractivity contribution in [1.82, 2.24) is 0 Å². The van der Waals surface area contributed by atoms with Gasteiger partial charge in [0.05, 0.1) is 19.8 Å². The van der Waals surface area contributed by atoms with Crippen molar-refractivity contribution in [3.8, 4) is 11.5 Å². The fourth-order valence-electron chi connectivity index (χ4n) is 1.77. The van der Waals surface area contributed by atoms with Gasteiger partial charge in [-0.15, -0.1) is 0 Å². The first-order valence-corrected chi connectivity index (χ1v) is 6.27. The molecule has 4 nitrogen and oxygen atoms in total. The van der Waals surface area contributed by atoms with Crippen molar-refractivity contribution in [2.45, 2.75) is 6.61 Å². The molecule has 0 aromatic heterocycles. The Hall–Kier alpha value is -2.56. The van der Waals surface area contributed by atoms with E-state index >= 15 is 0 Å². The molecule has 0 bridgehead atoms. The highest BCUT2D eigenvalue weighted by Gasteiger charge is 2.11. The monoisotopic (exact) mass is 290 g/mol. The van der Waals surface area contributed by atoms with Crippen molar-refractivity contribution in [3.05, 3.63) is 59.4 Å². The normalized spacial score (nSPS) is 10.0. The lowest BCUT2D eigenvalue weighted by Gasteiger charge is -2.11. The molecule has 0 saturated heterocycles. The second-order valence-corrected chi connectivity index (χ2v) is 4.27. The van der Waals surface area contributed by atoms with E-state index in [9.17, 15) is 9.18 Å². The minimum Gasteiger partial charge on any atom is -0.493 e.